The van der Waals surface area contributed by atoms with Gasteiger partial charge < -0.3 is 10.0 Å². The minimum atomic E-state index is -0.906. The summed E-state index contributed by atoms with van der Waals surface area (Å²) in [4.78, 5) is 2.27. The number of terminal acetylenes is 1. The van der Waals surface area contributed by atoms with Crippen LogP contribution in [-0.2, 0) is 0 Å². The summed E-state index contributed by atoms with van der Waals surface area (Å²) in [5.41, 5.74) is 0.822. The average molecular weight is 267 g/mol. The lowest BCUT2D eigenvalue weighted by atomic mass is 9.79. The van der Waals surface area contributed by atoms with Crippen LogP contribution in [0.3, 0.4) is 0 Å². The van der Waals surface area contributed by atoms with Crippen molar-refractivity contribution in [2.75, 3.05) is 13.6 Å². The molecule has 0 saturated carbocycles. The van der Waals surface area contributed by atoms with Gasteiger partial charge >= 0.3 is 0 Å². The summed E-state index contributed by atoms with van der Waals surface area (Å²) in [5, 5.41) is 10.8. The van der Waals surface area contributed by atoms with E-state index in [4.69, 9.17) is 6.42 Å². The molecule has 1 saturated heterocycles. The molecule has 3 unspecified atom stereocenters. The van der Waals surface area contributed by atoms with Crippen molar-refractivity contribution >= 4 is 0 Å². The molecule has 1 aromatic rings. The molecule has 1 aliphatic heterocycles. The van der Waals surface area contributed by atoms with Gasteiger partial charge in [0.25, 0.3) is 0 Å². The van der Waals surface area contributed by atoms with E-state index >= 15 is 0 Å². The molecule has 104 valence electrons. The second-order valence-corrected chi connectivity index (χ2v) is 5.79. The highest BCUT2D eigenvalue weighted by Crippen LogP contribution is 2.30. The fourth-order valence-corrected chi connectivity index (χ4v) is 2.57. The van der Waals surface area contributed by atoms with Crippen LogP contribution in [0.5, 0.6) is 0 Å². The predicted molar refractivity (Wildman–Crippen MR) is 82.1 cm³/mol. The Morgan fingerprint density at radius 1 is 1.25 bits per heavy atom. The zero-order valence-electron chi connectivity index (χ0n) is 12.4. The predicted octanol–water partition coefficient (Wildman–Crippen LogP) is 2.11. The van der Waals surface area contributed by atoms with E-state index in [0.29, 0.717) is 12.5 Å². The molecule has 1 aliphatic rings. The van der Waals surface area contributed by atoms with E-state index in [1.807, 2.05) is 24.3 Å². The first-order valence-corrected chi connectivity index (χ1v) is 6.97. The van der Waals surface area contributed by atoms with Crippen LogP contribution in [0.4, 0.5) is 0 Å². The highest BCUT2D eigenvalue weighted by Gasteiger charge is 2.39. The van der Waals surface area contributed by atoms with Crippen molar-refractivity contribution in [2.45, 2.75) is 31.9 Å². The molecule has 2 rings (SSSR count). The Morgan fingerprint density at radius 3 is 2.45 bits per heavy atom. The molecule has 0 radical (unpaired) electrons. The maximum atomic E-state index is 10.8. The van der Waals surface area contributed by atoms with E-state index in [1.165, 1.54) is 0 Å². The van der Waals surface area contributed by atoms with Gasteiger partial charge in [0.1, 0.15) is 5.60 Å². The van der Waals surface area contributed by atoms with Crippen molar-refractivity contribution in [2.24, 2.45) is 5.92 Å². The molecule has 0 amide bonds. The monoisotopic (exact) mass is 267 g/mol. The number of hydrogen-bond donors (Lipinski definition) is 1. The van der Waals surface area contributed by atoms with Crippen molar-refractivity contribution in [3.05, 3.63) is 35.4 Å². The third-order valence-corrected chi connectivity index (χ3v) is 4.21. The Kier molecular flexibility index (Phi) is 4.19. The van der Waals surface area contributed by atoms with Crippen molar-refractivity contribution in [1.82, 2.24) is 4.90 Å². The third-order valence-electron chi connectivity index (χ3n) is 4.21. The number of benzene rings is 1. The lowest BCUT2D eigenvalue weighted by molar-refractivity contribution is -0.0346. The number of piperidine rings is 1. The normalized spacial score (nSPS) is 30.1. The van der Waals surface area contributed by atoms with Crippen LogP contribution in [0, 0.1) is 30.1 Å². The lowest BCUT2D eigenvalue weighted by Crippen LogP contribution is -2.52. The van der Waals surface area contributed by atoms with E-state index < -0.39 is 5.60 Å². The van der Waals surface area contributed by atoms with Crippen LogP contribution >= 0.6 is 0 Å². The number of rotatable bonds is 0. The van der Waals surface area contributed by atoms with Gasteiger partial charge in [-0.15, -0.1) is 6.42 Å². The second kappa shape index (κ2) is 5.71. The number of aliphatic hydroxyl groups is 1. The molecule has 20 heavy (non-hydrogen) atoms. The van der Waals surface area contributed by atoms with E-state index in [0.717, 1.165) is 17.7 Å². The minimum absolute atomic E-state index is 0.140. The topological polar surface area (TPSA) is 23.5 Å². The van der Waals surface area contributed by atoms with Gasteiger partial charge in [0, 0.05) is 36.1 Å². The van der Waals surface area contributed by atoms with Crippen molar-refractivity contribution in [1.29, 1.82) is 0 Å². The smallest absolute Gasteiger partial charge is 0.131 e. The summed E-state index contributed by atoms with van der Waals surface area (Å²) in [6.07, 6.45) is 6.01. The van der Waals surface area contributed by atoms with E-state index in [1.54, 1.807) is 0 Å². The summed E-state index contributed by atoms with van der Waals surface area (Å²) < 4.78 is 0. The van der Waals surface area contributed by atoms with Gasteiger partial charge in [0.2, 0.25) is 0 Å². The maximum absolute atomic E-state index is 10.8. The van der Waals surface area contributed by atoms with Gasteiger partial charge in [-0.3, -0.25) is 0 Å². The molecular formula is C18H21NO. The molecule has 0 aliphatic carbocycles. The molecule has 2 heteroatoms. The standard InChI is InChI=1S/C18H21NO/c1-5-16-6-8-17(9-7-16)10-11-18(20)12-15(3)19(4)13-14(18)2/h1,6-9,14-15,20H,12-13H2,2-4H3. The molecule has 0 aromatic heterocycles. The number of likely N-dealkylation sites (tertiary alicyclic amines) is 1. The fourth-order valence-electron chi connectivity index (χ4n) is 2.57. The van der Waals surface area contributed by atoms with Gasteiger partial charge in [-0.2, -0.15) is 0 Å². The zero-order valence-corrected chi connectivity index (χ0v) is 12.4. The highest BCUT2D eigenvalue weighted by molar-refractivity contribution is 5.42. The zero-order chi connectivity index (χ0) is 14.8. The molecule has 0 spiro atoms. The van der Waals surface area contributed by atoms with Crippen molar-refractivity contribution < 1.29 is 5.11 Å². The van der Waals surface area contributed by atoms with Gasteiger partial charge in [-0.25, -0.2) is 0 Å². The second-order valence-electron chi connectivity index (χ2n) is 5.79. The van der Waals surface area contributed by atoms with E-state index in [-0.39, 0.29) is 5.92 Å². The molecule has 1 heterocycles. The molecule has 0 bridgehead atoms. The average Bonchev–Trinajstić information content (AvgIpc) is 2.44. The van der Waals surface area contributed by atoms with Crippen LogP contribution in [-0.4, -0.2) is 35.2 Å². The van der Waals surface area contributed by atoms with Crippen molar-refractivity contribution in [3.63, 3.8) is 0 Å². The molecule has 2 nitrogen and oxygen atoms in total. The van der Waals surface area contributed by atoms with E-state index in [9.17, 15) is 5.11 Å². The molecule has 3 atom stereocenters. The van der Waals surface area contributed by atoms with Gasteiger partial charge in [0.05, 0.1) is 0 Å². The largest absolute Gasteiger partial charge is 0.377 e. The summed E-state index contributed by atoms with van der Waals surface area (Å²) in [5.74, 6) is 8.89. The van der Waals surface area contributed by atoms with E-state index in [2.05, 4.69) is 43.6 Å². The van der Waals surface area contributed by atoms with Crippen LogP contribution in [0.1, 0.15) is 31.4 Å². The molecule has 1 aromatic carbocycles. The first-order chi connectivity index (χ1) is 9.44. The molecule has 1 N–H and O–H groups in total. The Bertz CT molecular complexity index is 572. The van der Waals surface area contributed by atoms with Crippen LogP contribution in [0.2, 0.25) is 0 Å². The summed E-state index contributed by atoms with van der Waals surface area (Å²) >= 11 is 0. The fraction of sp³-hybridized carbons (Fsp3) is 0.444. The SMILES string of the molecule is C#Cc1ccc(C#CC2(O)CC(C)N(C)CC2C)cc1. The van der Waals surface area contributed by atoms with Crippen LogP contribution in [0.15, 0.2) is 24.3 Å². The van der Waals surface area contributed by atoms with Gasteiger partial charge in [-0.1, -0.05) is 24.7 Å². The van der Waals surface area contributed by atoms with Gasteiger partial charge in [0.15, 0.2) is 0 Å². The Morgan fingerprint density at radius 2 is 1.85 bits per heavy atom. The van der Waals surface area contributed by atoms with Crippen LogP contribution < -0.4 is 0 Å². The minimum Gasteiger partial charge on any atom is -0.377 e. The summed E-state index contributed by atoms with van der Waals surface area (Å²) in [6.45, 7) is 5.04. The molecular weight excluding hydrogens is 246 g/mol. The summed E-state index contributed by atoms with van der Waals surface area (Å²) in [7, 11) is 2.09. The first-order valence-electron chi connectivity index (χ1n) is 6.97. The Labute approximate surface area is 121 Å². The van der Waals surface area contributed by atoms with Crippen molar-refractivity contribution in [3.8, 4) is 24.2 Å². The van der Waals surface area contributed by atoms with Crippen LogP contribution in [0.25, 0.3) is 0 Å². The number of nitrogens with zero attached hydrogens (tertiary/aromatic N) is 1. The third kappa shape index (κ3) is 3.05. The molecule has 1 fully saturated rings. The highest BCUT2D eigenvalue weighted by atomic mass is 16.3. The summed E-state index contributed by atoms with van der Waals surface area (Å²) in [6, 6.07) is 7.88. The first kappa shape index (κ1) is 14.7. The van der Waals surface area contributed by atoms with Gasteiger partial charge in [-0.05, 0) is 38.2 Å². The number of hydrogen-bond acceptors (Lipinski definition) is 2. The maximum Gasteiger partial charge on any atom is 0.131 e. The quantitative estimate of drug-likeness (QED) is 0.728. The Hall–Kier alpha value is -1.74. The lowest BCUT2D eigenvalue weighted by Gasteiger charge is -2.42. The Balaban J connectivity index is 2.19.